The van der Waals surface area contributed by atoms with Gasteiger partial charge in [-0.2, -0.15) is 4.98 Å². The first kappa shape index (κ1) is 33.8. The van der Waals surface area contributed by atoms with Gasteiger partial charge in [-0.25, -0.2) is 9.97 Å². The summed E-state index contributed by atoms with van der Waals surface area (Å²) in [6, 6.07) is 45.7. The molecule has 0 atom stereocenters. The van der Waals surface area contributed by atoms with Gasteiger partial charge in [0.2, 0.25) is 0 Å². The molecule has 6 nitrogen and oxygen atoms in total. The molecule has 0 N–H and O–H groups in total. The molecule has 282 valence electrons. The molecular formula is C53H38N4O2. The van der Waals surface area contributed by atoms with E-state index >= 15 is 0 Å². The number of ether oxygens (including phenoxy) is 1. The summed E-state index contributed by atoms with van der Waals surface area (Å²) in [7, 11) is 0. The first-order chi connectivity index (χ1) is 28.8. The monoisotopic (exact) mass is 762 g/mol. The van der Waals surface area contributed by atoms with Crippen molar-refractivity contribution < 1.29 is 9.15 Å². The maximum atomic E-state index is 7.16. The van der Waals surface area contributed by atoms with Crippen molar-refractivity contribution in [1.82, 2.24) is 19.4 Å². The first-order valence-electron chi connectivity index (χ1n) is 20.2. The molecule has 4 heterocycles. The van der Waals surface area contributed by atoms with Crippen LogP contribution in [0.15, 0.2) is 144 Å². The highest BCUT2D eigenvalue weighted by Gasteiger charge is 2.37. The van der Waals surface area contributed by atoms with Crippen LogP contribution in [0.4, 0.5) is 0 Å². The Morgan fingerprint density at radius 1 is 0.559 bits per heavy atom. The number of aryl methyl sites for hydroxylation is 3. The predicted octanol–water partition coefficient (Wildman–Crippen LogP) is 13.7. The van der Waals surface area contributed by atoms with E-state index in [9.17, 15) is 0 Å². The molecule has 59 heavy (non-hydrogen) atoms. The Kier molecular flexibility index (Phi) is 6.93. The maximum absolute atomic E-state index is 7.16. The highest BCUT2D eigenvalue weighted by atomic mass is 16.5. The van der Waals surface area contributed by atoms with Crippen molar-refractivity contribution in [2.24, 2.45) is 0 Å². The molecule has 0 unspecified atom stereocenters. The van der Waals surface area contributed by atoms with Crippen molar-refractivity contribution in [1.29, 1.82) is 0 Å². The molecule has 2 aliphatic rings. The Balaban J connectivity index is 1.03. The largest absolute Gasteiger partial charge is 0.456 e. The van der Waals surface area contributed by atoms with Gasteiger partial charge in [-0.15, -0.1) is 0 Å². The third-order valence-electron chi connectivity index (χ3n) is 12.8. The fourth-order valence-corrected chi connectivity index (χ4v) is 9.87. The second kappa shape index (κ2) is 12.1. The molecule has 3 aromatic heterocycles. The fraction of sp³-hybridized carbons (Fsp3) is 0.113. The van der Waals surface area contributed by atoms with Crippen molar-refractivity contribution in [3.05, 3.63) is 168 Å². The molecule has 10 aromatic rings. The Hall–Kier alpha value is -7.31. The zero-order chi connectivity index (χ0) is 39.7. The van der Waals surface area contributed by atoms with Crippen LogP contribution in [0.2, 0.25) is 0 Å². The number of oxazole rings is 1. The van der Waals surface area contributed by atoms with Gasteiger partial charge in [-0.1, -0.05) is 105 Å². The summed E-state index contributed by atoms with van der Waals surface area (Å²) in [5, 5.41) is 0. The van der Waals surface area contributed by atoms with Gasteiger partial charge in [-0.3, -0.25) is 4.40 Å². The topological polar surface area (TPSA) is 65.5 Å². The van der Waals surface area contributed by atoms with Crippen LogP contribution in [0.1, 0.15) is 41.7 Å². The number of hydrogen-bond donors (Lipinski definition) is 0. The summed E-state index contributed by atoms with van der Waals surface area (Å²) in [4.78, 5) is 14.1. The van der Waals surface area contributed by atoms with Crippen LogP contribution < -0.4 is 4.74 Å². The Morgan fingerprint density at radius 3 is 2.08 bits per heavy atom. The molecule has 7 aromatic carbocycles. The van der Waals surface area contributed by atoms with Gasteiger partial charge >= 0.3 is 5.84 Å². The third kappa shape index (κ3) is 4.71. The summed E-state index contributed by atoms with van der Waals surface area (Å²) >= 11 is 0. The van der Waals surface area contributed by atoms with Crippen LogP contribution in [0.3, 0.4) is 0 Å². The lowest BCUT2D eigenvalue weighted by molar-refractivity contribution is 0.419. The van der Waals surface area contributed by atoms with E-state index in [1.807, 2.05) is 24.4 Å². The van der Waals surface area contributed by atoms with Gasteiger partial charge in [0.1, 0.15) is 17.8 Å². The summed E-state index contributed by atoms with van der Waals surface area (Å²) in [5.41, 5.74) is 22.4. The maximum Gasteiger partial charge on any atom is 0.307 e. The Labute approximate surface area is 341 Å². The molecule has 1 aliphatic carbocycles. The SMILES string of the molecule is Cc1cc2c(cc1-c1c(C)ccc3c1oc1nc4ccccc4n13)C(C)(C)c1ccc(C)c(-c3ccc4c(c3)-c3ccccc3-c3ncncc3-c3ccccc3-4)c1O2. The van der Waals surface area contributed by atoms with Gasteiger partial charge in [0.05, 0.1) is 22.2 Å². The third-order valence-corrected chi connectivity index (χ3v) is 12.8. The van der Waals surface area contributed by atoms with Crippen LogP contribution in [0.5, 0.6) is 11.5 Å². The van der Waals surface area contributed by atoms with Crippen molar-refractivity contribution in [2.45, 2.75) is 40.0 Å². The minimum atomic E-state index is -0.373. The van der Waals surface area contributed by atoms with Crippen LogP contribution in [-0.4, -0.2) is 19.4 Å². The van der Waals surface area contributed by atoms with Crippen LogP contribution >= 0.6 is 0 Å². The zero-order valence-electron chi connectivity index (χ0n) is 33.4. The summed E-state index contributed by atoms with van der Waals surface area (Å²) in [6.07, 6.45) is 3.59. The molecular weight excluding hydrogens is 725 g/mol. The molecule has 0 saturated carbocycles. The molecule has 6 heteroatoms. The molecule has 0 fully saturated rings. The average molecular weight is 763 g/mol. The lowest BCUT2D eigenvalue weighted by Crippen LogP contribution is -2.25. The van der Waals surface area contributed by atoms with Crippen molar-refractivity contribution in [3.8, 4) is 78.4 Å². The van der Waals surface area contributed by atoms with Gasteiger partial charge in [-0.05, 0) is 113 Å². The van der Waals surface area contributed by atoms with E-state index < -0.39 is 0 Å². The van der Waals surface area contributed by atoms with Crippen LogP contribution in [0.25, 0.3) is 94.9 Å². The minimum absolute atomic E-state index is 0.373. The van der Waals surface area contributed by atoms with Crippen molar-refractivity contribution in [3.63, 3.8) is 0 Å². The molecule has 0 spiro atoms. The Bertz CT molecular complexity index is 3430. The summed E-state index contributed by atoms with van der Waals surface area (Å²) < 4.78 is 15.9. The average Bonchev–Trinajstić information content (AvgIpc) is 3.79. The number of fused-ring (bicyclic) bond motifs is 15. The van der Waals surface area contributed by atoms with E-state index in [0.717, 1.165) is 123 Å². The van der Waals surface area contributed by atoms with E-state index in [0.29, 0.717) is 5.84 Å². The van der Waals surface area contributed by atoms with Crippen molar-refractivity contribution in [2.75, 3.05) is 0 Å². The zero-order valence-corrected chi connectivity index (χ0v) is 33.4. The number of benzene rings is 7. The highest BCUT2D eigenvalue weighted by Crippen LogP contribution is 2.55. The van der Waals surface area contributed by atoms with Gasteiger partial charge in [0, 0.05) is 45.0 Å². The lowest BCUT2D eigenvalue weighted by atomic mass is 9.73. The number of para-hydroxylation sites is 2. The van der Waals surface area contributed by atoms with E-state index in [2.05, 4.69) is 153 Å². The smallest absolute Gasteiger partial charge is 0.307 e. The van der Waals surface area contributed by atoms with Gasteiger partial charge in [0.15, 0.2) is 5.58 Å². The molecule has 0 amide bonds. The first-order valence-corrected chi connectivity index (χ1v) is 20.2. The number of hydrogen-bond acceptors (Lipinski definition) is 5. The molecule has 0 radical (unpaired) electrons. The summed E-state index contributed by atoms with van der Waals surface area (Å²) in [6.45, 7) is 11.2. The molecule has 0 bridgehead atoms. The van der Waals surface area contributed by atoms with E-state index in [4.69, 9.17) is 19.1 Å². The number of nitrogens with zero attached hydrogens (tertiary/aromatic N) is 4. The van der Waals surface area contributed by atoms with Gasteiger partial charge < -0.3 is 9.15 Å². The second-order valence-electron chi connectivity index (χ2n) is 16.6. The van der Waals surface area contributed by atoms with Gasteiger partial charge in [0.25, 0.3) is 0 Å². The van der Waals surface area contributed by atoms with E-state index in [1.54, 1.807) is 6.33 Å². The lowest BCUT2D eigenvalue weighted by Gasteiger charge is -2.37. The van der Waals surface area contributed by atoms with E-state index in [-0.39, 0.29) is 5.41 Å². The van der Waals surface area contributed by atoms with Crippen LogP contribution in [-0.2, 0) is 5.41 Å². The predicted molar refractivity (Wildman–Crippen MR) is 237 cm³/mol. The molecule has 1 aliphatic heterocycles. The van der Waals surface area contributed by atoms with E-state index in [1.165, 1.54) is 5.56 Å². The van der Waals surface area contributed by atoms with Crippen molar-refractivity contribution >= 4 is 28.0 Å². The highest BCUT2D eigenvalue weighted by molar-refractivity contribution is 6.03. The molecule has 12 rings (SSSR count). The minimum Gasteiger partial charge on any atom is -0.456 e. The second-order valence-corrected chi connectivity index (χ2v) is 16.6. The van der Waals surface area contributed by atoms with Crippen LogP contribution in [0, 0.1) is 20.8 Å². The number of imidazole rings is 1. The standard InChI is InChI=1S/C53H38N4O2/c1-29-18-22-41-50(47(29)32-20-21-36-33-12-6-7-13-34(33)40-27-54-28-55-49(40)37-15-9-8-14-35(37)39(36)25-32)58-46-24-31(3)38(26-42(46)53(41,4)5)48-30(2)19-23-45-51(48)59-52-56-43-16-10-11-17-44(43)57(45)52/h6-28H,1-5H3. The number of aromatic nitrogens is 4. The normalized spacial score (nSPS) is 13.4. The summed E-state index contributed by atoms with van der Waals surface area (Å²) in [5.74, 6) is 2.39. The molecule has 0 saturated heterocycles. The quantitative estimate of drug-likeness (QED) is 0.175. The number of rotatable bonds is 2. The fourth-order valence-electron chi connectivity index (χ4n) is 9.87. The Morgan fingerprint density at radius 2 is 1.25 bits per heavy atom.